The normalized spacial score (nSPS) is 48.1. The first-order valence-electron chi connectivity index (χ1n) is 4.90. The molecule has 0 amide bonds. The summed E-state index contributed by atoms with van der Waals surface area (Å²) >= 11 is 0. The van der Waals surface area contributed by atoms with E-state index < -0.39 is 5.97 Å². The largest absolute Gasteiger partial charge is 0.458 e. The number of esters is 2. The number of hydrogen-bond acceptors (Lipinski definition) is 4. The predicted molar refractivity (Wildman–Crippen MR) is 44.8 cm³/mol. The molecule has 3 rings (SSSR count). The number of hydrogen-bond donors (Lipinski definition) is 0. The monoisotopic (exact) mass is 195 g/mol. The molecule has 2 bridgehead atoms. The molecule has 3 aliphatic rings. The summed E-state index contributed by atoms with van der Waals surface area (Å²) in [6.45, 7) is 3.19. The van der Waals surface area contributed by atoms with Crippen molar-refractivity contribution in [3.05, 3.63) is 6.92 Å². The molecule has 0 aromatic rings. The van der Waals surface area contributed by atoms with Crippen molar-refractivity contribution in [3.63, 3.8) is 0 Å². The Kier molecular flexibility index (Phi) is 1.47. The van der Waals surface area contributed by atoms with Crippen LogP contribution in [0, 0.1) is 24.7 Å². The van der Waals surface area contributed by atoms with Gasteiger partial charge >= 0.3 is 11.9 Å². The number of carbonyl (C=O) groups excluding carboxylic acids is 2. The second-order valence-electron chi connectivity index (χ2n) is 4.36. The van der Waals surface area contributed by atoms with Gasteiger partial charge < -0.3 is 9.47 Å². The smallest absolute Gasteiger partial charge is 0.309 e. The van der Waals surface area contributed by atoms with Crippen molar-refractivity contribution < 1.29 is 19.1 Å². The quantitative estimate of drug-likeness (QED) is 0.565. The third-order valence-corrected chi connectivity index (χ3v) is 3.68. The Hall–Kier alpha value is -1.06. The van der Waals surface area contributed by atoms with Gasteiger partial charge in [-0.2, -0.15) is 0 Å². The first-order valence-corrected chi connectivity index (χ1v) is 4.90. The predicted octanol–water partition coefficient (Wildman–Crippen LogP) is 0.314. The minimum Gasteiger partial charge on any atom is -0.458 e. The van der Waals surface area contributed by atoms with E-state index in [1.165, 1.54) is 0 Å². The van der Waals surface area contributed by atoms with E-state index in [1.807, 2.05) is 0 Å². The van der Waals surface area contributed by atoms with E-state index in [4.69, 9.17) is 9.47 Å². The molecule has 0 N–H and O–H groups in total. The average molecular weight is 195 g/mol. The molecular weight excluding hydrogens is 184 g/mol. The highest BCUT2D eigenvalue weighted by Gasteiger charge is 2.63. The summed E-state index contributed by atoms with van der Waals surface area (Å²) in [7, 11) is 0. The Bertz CT molecular complexity index is 311. The summed E-state index contributed by atoms with van der Waals surface area (Å²) in [6.07, 6.45) is 1.36. The number of rotatable bonds is 1. The average Bonchev–Trinajstić information content (AvgIpc) is 2.67. The molecule has 1 saturated heterocycles. The topological polar surface area (TPSA) is 52.6 Å². The fraction of sp³-hybridized carbons (Fsp3) is 0.700. The van der Waals surface area contributed by atoms with Crippen LogP contribution in [0.5, 0.6) is 0 Å². The fourth-order valence-corrected chi connectivity index (χ4v) is 3.22. The van der Waals surface area contributed by atoms with Crippen LogP contribution >= 0.6 is 0 Å². The van der Waals surface area contributed by atoms with Gasteiger partial charge in [0.2, 0.25) is 0 Å². The first kappa shape index (κ1) is 8.26. The fourth-order valence-electron chi connectivity index (χ4n) is 3.22. The first-order chi connectivity index (χ1) is 6.66. The van der Waals surface area contributed by atoms with E-state index in [2.05, 4.69) is 6.92 Å². The van der Waals surface area contributed by atoms with Crippen molar-refractivity contribution in [2.75, 3.05) is 0 Å². The molecule has 2 saturated carbocycles. The van der Waals surface area contributed by atoms with Crippen LogP contribution in [0.4, 0.5) is 0 Å². The third kappa shape index (κ3) is 0.885. The molecule has 1 radical (unpaired) electrons. The van der Waals surface area contributed by atoms with Gasteiger partial charge in [0, 0.05) is 11.8 Å². The standard InChI is InChI=1S/C10H11O4/c1-4(11)13-8-5-2-6-7(3-5)10(12)14-9(6)8/h5-9H,1-3H2. The van der Waals surface area contributed by atoms with E-state index in [9.17, 15) is 9.59 Å². The lowest BCUT2D eigenvalue weighted by Gasteiger charge is -2.24. The van der Waals surface area contributed by atoms with E-state index >= 15 is 0 Å². The molecule has 0 aromatic carbocycles. The summed E-state index contributed by atoms with van der Waals surface area (Å²) < 4.78 is 10.3. The van der Waals surface area contributed by atoms with Gasteiger partial charge in [0.15, 0.2) is 0 Å². The number of fused-ring (bicyclic) bond motifs is 1. The molecule has 0 spiro atoms. The SMILES string of the molecule is [CH2]C(=O)OC1C2CC3C(=O)OC1C3C2. The minimum absolute atomic E-state index is 0.0739. The molecule has 5 atom stereocenters. The van der Waals surface area contributed by atoms with Gasteiger partial charge in [0.05, 0.1) is 12.8 Å². The summed E-state index contributed by atoms with van der Waals surface area (Å²) in [4.78, 5) is 22.1. The van der Waals surface area contributed by atoms with E-state index in [0.29, 0.717) is 5.92 Å². The van der Waals surface area contributed by atoms with Gasteiger partial charge in [-0.15, -0.1) is 0 Å². The van der Waals surface area contributed by atoms with Gasteiger partial charge in [-0.1, -0.05) is 0 Å². The van der Waals surface area contributed by atoms with Gasteiger partial charge in [-0.3, -0.25) is 9.59 Å². The Morgan fingerprint density at radius 1 is 1.50 bits per heavy atom. The maximum Gasteiger partial charge on any atom is 0.309 e. The van der Waals surface area contributed by atoms with Gasteiger partial charge in [-0.25, -0.2) is 0 Å². The molecule has 75 valence electrons. The van der Waals surface area contributed by atoms with Gasteiger partial charge in [0.25, 0.3) is 0 Å². The second kappa shape index (κ2) is 2.49. The van der Waals surface area contributed by atoms with Crippen LogP contribution in [0.2, 0.25) is 0 Å². The van der Waals surface area contributed by atoms with Gasteiger partial charge in [0.1, 0.15) is 12.2 Å². The van der Waals surface area contributed by atoms with E-state index in [1.54, 1.807) is 0 Å². The molecular formula is C10H11O4. The zero-order valence-corrected chi connectivity index (χ0v) is 7.64. The molecule has 3 fully saturated rings. The van der Waals surface area contributed by atoms with Crippen LogP contribution in [-0.2, 0) is 19.1 Å². The molecule has 0 aromatic heterocycles. The summed E-state index contributed by atoms with van der Waals surface area (Å²) in [5.41, 5.74) is 0. The van der Waals surface area contributed by atoms with Crippen molar-refractivity contribution in [3.8, 4) is 0 Å². The molecule has 14 heavy (non-hydrogen) atoms. The van der Waals surface area contributed by atoms with Crippen molar-refractivity contribution >= 4 is 11.9 Å². The highest BCUT2D eigenvalue weighted by molar-refractivity contribution is 5.77. The maximum atomic E-state index is 11.3. The molecule has 1 heterocycles. The van der Waals surface area contributed by atoms with E-state index in [-0.39, 0.29) is 30.0 Å². The molecule has 2 aliphatic carbocycles. The Labute approximate surface area is 81.6 Å². The van der Waals surface area contributed by atoms with Crippen molar-refractivity contribution in [1.82, 2.24) is 0 Å². The summed E-state index contributed by atoms with van der Waals surface area (Å²) in [5.74, 6) is 0.0425. The number of ether oxygens (including phenoxy) is 2. The van der Waals surface area contributed by atoms with Crippen LogP contribution in [0.1, 0.15) is 12.8 Å². The second-order valence-corrected chi connectivity index (χ2v) is 4.36. The van der Waals surface area contributed by atoms with Crippen molar-refractivity contribution in [2.24, 2.45) is 17.8 Å². The Morgan fingerprint density at radius 3 is 3.00 bits per heavy atom. The van der Waals surface area contributed by atoms with Crippen LogP contribution in [-0.4, -0.2) is 24.1 Å². The lowest BCUT2D eigenvalue weighted by atomic mass is 9.88. The molecule has 5 unspecified atom stereocenters. The number of carbonyl (C=O) groups is 2. The minimum atomic E-state index is -0.526. The summed E-state index contributed by atoms with van der Waals surface area (Å²) in [6, 6.07) is 0. The van der Waals surface area contributed by atoms with Crippen LogP contribution in [0.25, 0.3) is 0 Å². The van der Waals surface area contributed by atoms with Crippen LogP contribution < -0.4 is 0 Å². The zero-order chi connectivity index (χ0) is 9.87. The Morgan fingerprint density at radius 2 is 2.29 bits per heavy atom. The molecule has 4 nitrogen and oxygen atoms in total. The molecule has 4 heteroatoms. The molecule has 1 aliphatic heterocycles. The lowest BCUT2D eigenvalue weighted by Crippen LogP contribution is -2.35. The van der Waals surface area contributed by atoms with Crippen LogP contribution in [0.3, 0.4) is 0 Å². The Balaban J connectivity index is 1.85. The van der Waals surface area contributed by atoms with Crippen LogP contribution in [0.15, 0.2) is 0 Å². The van der Waals surface area contributed by atoms with E-state index in [0.717, 1.165) is 12.8 Å². The zero-order valence-electron chi connectivity index (χ0n) is 7.64. The highest BCUT2D eigenvalue weighted by atomic mass is 16.6. The van der Waals surface area contributed by atoms with Crippen molar-refractivity contribution in [1.29, 1.82) is 0 Å². The highest BCUT2D eigenvalue weighted by Crippen LogP contribution is 2.55. The van der Waals surface area contributed by atoms with Crippen molar-refractivity contribution in [2.45, 2.75) is 25.0 Å². The summed E-state index contributed by atoms with van der Waals surface area (Å²) in [5, 5.41) is 0. The maximum absolute atomic E-state index is 11.3. The van der Waals surface area contributed by atoms with Gasteiger partial charge in [-0.05, 0) is 12.8 Å². The third-order valence-electron chi connectivity index (χ3n) is 3.68. The lowest BCUT2D eigenvalue weighted by molar-refractivity contribution is -0.157.